The summed E-state index contributed by atoms with van der Waals surface area (Å²) in [5, 5.41) is 8.91. The number of thioether (sulfide) groups is 1. The van der Waals surface area contributed by atoms with Crippen LogP contribution in [0.1, 0.15) is 29.3 Å². The van der Waals surface area contributed by atoms with E-state index in [2.05, 4.69) is 15.2 Å². The van der Waals surface area contributed by atoms with Gasteiger partial charge in [-0.2, -0.15) is 13.2 Å². The number of benzene rings is 1. The van der Waals surface area contributed by atoms with Crippen LogP contribution >= 0.6 is 11.8 Å². The fourth-order valence-corrected chi connectivity index (χ4v) is 3.46. The Kier molecular flexibility index (Phi) is 4.59. The van der Waals surface area contributed by atoms with Crippen molar-refractivity contribution in [2.45, 2.75) is 37.4 Å². The second-order valence-corrected chi connectivity index (χ2v) is 6.45. The average molecular weight is 367 g/mol. The summed E-state index contributed by atoms with van der Waals surface area (Å²) in [6.07, 6.45) is -3.58. The number of alkyl halides is 3. The smallest absolute Gasteiger partial charge is 0.369 e. The second-order valence-electron chi connectivity index (χ2n) is 5.51. The highest BCUT2D eigenvalue weighted by Crippen LogP contribution is 2.30. The van der Waals surface area contributed by atoms with E-state index in [1.54, 1.807) is 4.40 Å². The second kappa shape index (κ2) is 6.55. The van der Waals surface area contributed by atoms with Gasteiger partial charge in [0.25, 0.3) is 0 Å². The zero-order valence-electron chi connectivity index (χ0n) is 13.6. The van der Waals surface area contributed by atoms with E-state index in [1.807, 2.05) is 13.8 Å². The number of anilines is 1. The van der Waals surface area contributed by atoms with Gasteiger partial charge in [-0.05, 0) is 31.0 Å². The molecule has 0 saturated carbocycles. The fourth-order valence-electron chi connectivity index (χ4n) is 2.57. The van der Waals surface area contributed by atoms with Gasteiger partial charge in [-0.1, -0.05) is 30.8 Å². The molecule has 0 fully saturated rings. The molecule has 0 spiro atoms. The number of nitrogens with zero attached hydrogens (tertiary/aromatic N) is 4. The molecule has 0 radical (unpaired) electrons. The summed E-state index contributed by atoms with van der Waals surface area (Å²) in [4.78, 5) is 4.32. The van der Waals surface area contributed by atoms with Gasteiger partial charge in [0, 0.05) is 17.0 Å². The van der Waals surface area contributed by atoms with Crippen LogP contribution in [0.3, 0.4) is 0 Å². The van der Waals surface area contributed by atoms with Gasteiger partial charge in [-0.3, -0.25) is 0 Å². The van der Waals surface area contributed by atoms with Crippen LogP contribution in [0.2, 0.25) is 0 Å². The molecule has 0 atom stereocenters. The molecule has 2 heterocycles. The molecule has 3 rings (SSSR count). The lowest BCUT2D eigenvalue weighted by molar-refractivity contribution is -0.137. The van der Waals surface area contributed by atoms with Crippen molar-refractivity contribution in [1.82, 2.24) is 19.6 Å². The third-order valence-corrected chi connectivity index (χ3v) is 4.85. The molecule has 132 valence electrons. The van der Waals surface area contributed by atoms with E-state index in [1.165, 1.54) is 23.9 Å². The fraction of sp³-hybridized carbons (Fsp3) is 0.312. The molecule has 5 nitrogen and oxygen atoms in total. The van der Waals surface area contributed by atoms with Crippen molar-refractivity contribution in [2.24, 2.45) is 0 Å². The van der Waals surface area contributed by atoms with Crippen molar-refractivity contribution in [3.8, 4) is 0 Å². The molecule has 25 heavy (non-hydrogen) atoms. The first-order valence-corrected chi connectivity index (χ1v) is 8.58. The monoisotopic (exact) mass is 367 g/mol. The molecular formula is C16H16F3N5S. The van der Waals surface area contributed by atoms with E-state index < -0.39 is 11.7 Å². The number of nitrogen functional groups attached to an aromatic ring is 1. The van der Waals surface area contributed by atoms with E-state index in [-0.39, 0.29) is 0 Å². The summed E-state index contributed by atoms with van der Waals surface area (Å²) in [7, 11) is 0. The number of aryl methyl sites for hydroxylation is 2. The Morgan fingerprint density at radius 3 is 2.44 bits per heavy atom. The van der Waals surface area contributed by atoms with Gasteiger partial charge >= 0.3 is 6.18 Å². The maximum Gasteiger partial charge on any atom is 0.416 e. The molecule has 0 unspecified atom stereocenters. The van der Waals surface area contributed by atoms with Crippen molar-refractivity contribution in [2.75, 3.05) is 5.73 Å². The number of fused-ring (bicyclic) bond motifs is 1. The van der Waals surface area contributed by atoms with Crippen LogP contribution in [0.5, 0.6) is 0 Å². The first-order chi connectivity index (χ1) is 11.8. The van der Waals surface area contributed by atoms with Crippen molar-refractivity contribution in [3.05, 3.63) is 46.6 Å². The quantitative estimate of drug-likeness (QED) is 0.709. The van der Waals surface area contributed by atoms with E-state index in [0.717, 1.165) is 35.4 Å². The normalized spacial score (nSPS) is 12.0. The van der Waals surface area contributed by atoms with Gasteiger partial charge in [0.2, 0.25) is 5.95 Å². The Balaban J connectivity index is 1.84. The maximum absolute atomic E-state index is 12.6. The van der Waals surface area contributed by atoms with Crippen LogP contribution in [0, 0.1) is 6.92 Å². The molecule has 0 bridgehead atoms. The Labute approximate surface area is 146 Å². The molecule has 0 aliphatic heterocycles. The molecular weight excluding hydrogens is 351 g/mol. The molecule has 3 aromatic rings. The molecule has 9 heteroatoms. The Morgan fingerprint density at radius 1 is 1.16 bits per heavy atom. The van der Waals surface area contributed by atoms with E-state index >= 15 is 0 Å². The molecule has 0 amide bonds. The van der Waals surface area contributed by atoms with Crippen LogP contribution in [0.25, 0.3) is 5.65 Å². The zero-order chi connectivity index (χ0) is 18.2. The summed E-state index contributed by atoms with van der Waals surface area (Å²) in [5.41, 5.74) is 8.55. The topological polar surface area (TPSA) is 69.1 Å². The van der Waals surface area contributed by atoms with E-state index in [4.69, 9.17) is 5.73 Å². The SMILES string of the molecule is CCc1c(C)nc(N)n2c(SCc3ccc(C(F)(F)F)cc3)nnc12. The van der Waals surface area contributed by atoms with Crippen LogP contribution < -0.4 is 5.73 Å². The molecule has 2 N–H and O–H groups in total. The summed E-state index contributed by atoms with van der Waals surface area (Å²) in [6, 6.07) is 5.07. The van der Waals surface area contributed by atoms with Gasteiger partial charge in [-0.15, -0.1) is 10.2 Å². The van der Waals surface area contributed by atoms with Crippen molar-refractivity contribution in [1.29, 1.82) is 0 Å². The van der Waals surface area contributed by atoms with Crippen molar-refractivity contribution in [3.63, 3.8) is 0 Å². The molecule has 0 saturated heterocycles. The zero-order valence-corrected chi connectivity index (χ0v) is 14.4. The first-order valence-electron chi connectivity index (χ1n) is 7.60. The predicted octanol–water partition coefficient (Wildman–Crippen LogP) is 3.89. The minimum atomic E-state index is -4.33. The Bertz CT molecular complexity index is 903. The number of hydrogen-bond acceptors (Lipinski definition) is 5. The van der Waals surface area contributed by atoms with Gasteiger partial charge < -0.3 is 5.73 Å². The highest BCUT2D eigenvalue weighted by atomic mass is 32.2. The third kappa shape index (κ3) is 3.41. The number of aromatic nitrogens is 4. The van der Waals surface area contributed by atoms with Crippen LogP contribution in [0.15, 0.2) is 29.4 Å². The van der Waals surface area contributed by atoms with E-state index in [0.29, 0.717) is 22.5 Å². The van der Waals surface area contributed by atoms with Crippen molar-refractivity contribution < 1.29 is 13.2 Å². The average Bonchev–Trinajstić information content (AvgIpc) is 2.97. The lowest BCUT2D eigenvalue weighted by Gasteiger charge is -2.09. The van der Waals surface area contributed by atoms with Crippen LogP contribution in [0.4, 0.5) is 19.1 Å². The third-order valence-electron chi connectivity index (χ3n) is 3.85. The van der Waals surface area contributed by atoms with Gasteiger partial charge in [0.05, 0.1) is 5.56 Å². The minimum absolute atomic E-state index is 0.296. The Hall–Kier alpha value is -2.29. The summed E-state index contributed by atoms with van der Waals surface area (Å²) < 4.78 is 39.5. The molecule has 2 aromatic heterocycles. The van der Waals surface area contributed by atoms with E-state index in [9.17, 15) is 13.2 Å². The highest BCUT2D eigenvalue weighted by Gasteiger charge is 2.29. The molecule has 0 aliphatic rings. The number of halogens is 3. The largest absolute Gasteiger partial charge is 0.416 e. The lowest BCUT2D eigenvalue weighted by Crippen LogP contribution is -2.06. The van der Waals surface area contributed by atoms with Gasteiger partial charge in [0.1, 0.15) is 0 Å². The van der Waals surface area contributed by atoms with Crippen molar-refractivity contribution >= 4 is 23.4 Å². The summed E-state index contributed by atoms with van der Waals surface area (Å²) in [5.74, 6) is 0.748. The minimum Gasteiger partial charge on any atom is -0.369 e. The predicted molar refractivity (Wildman–Crippen MR) is 90.3 cm³/mol. The maximum atomic E-state index is 12.6. The molecule has 0 aliphatic carbocycles. The van der Waals surface area contributed by atoms with Gasteiger partial charge in [0.15, 0.2) is 10.8 Å². The summed E-state index contributed by atoms with van der Waals surface area (Å²) in [6.45, 7) is 3.88. The van der Waals surface area contributed by atoms with Crippen LogP contribution in [-0.4, -0.2) is 19.6 Å². The highest BCUT2D eigenvalue weighted by molar-refractivity contribution is 7.98. The first kappa shape index (κ1) is 17.5. The molecule has 1 aromatic carbocycles. The van der Waals surface area contributed by atoms with Crippen LogP contribution in [-0.2, 0) is 18.3 Å². The number of rotatable bonds is 4. The number of nitrogens with two attached hydrogens (primary N) is 1. The van der Waals surface area contributed by atoms with Gasteiger partial charge in [-0.25, -0.2) is 9.38 Å². The standard InChI is InChI=1S/C16H16F3N5S/c1-3-12-9(2)21-14(20)24-13(12)22-23-15(24)25-8-10-4-6-11(7-5-10)16(17,18)19/h4-7H,3,8H2,1-2H3,(H2,20,21). The number of hydrogen-bond donors (Lipinski definition) is 1. The Morgan fingerprint density at radius 2 is 1.84 bits per heavy atom. The lowest BCUT2D eigenvalue weighted by atomic mass is 10.1. The summed E-state index contributed by atoms with van der Waals surface area (Å²) >= 11 is 1.35.